The number of carbonyl (C=O) groups is 1. The van der Waals surface area contributed by atoms with Gasteiger partial charge in [-0.1, -0.05) is 19.3 Å². The van der Waals surface area contributed by atoms with Crippen LogP contribution in [0.5, 0.6) is 0 Å². The van der Waals surface area contributed by atoms with Crippen molar-refractivity contribution in [3.05, 3.63) is 42.9 Å². The standard InChI is InChI=1S/C19H20N4O/c24-19(22-14-5-2-1-3-6-14)23-17-11-13-8-10-20-12-16(13)18-15(17)7-4-9-21-18/h4,7-12,14H,1-3,5-6H2,(H2,22,23,24). The summed E-state index contributed by atoms with van der Waals surface area (Å²) >= 11 is 0. The largest absolute Gasteiger partial charge is 0.335 e. The van der Waals surface area contributed by atoms with Gasteiger partial charge >= 0.3 is 6.03 Å². The van der Waals surface area contributed by atoms with Crippen LogP contribution in [0.1, 0.15) is 32.1 Å². The van der Waals surface area contributed by atoms with Crippen LogP contribution < -0.4 is 10.6 Å². The molecule has 0 unspecified atom stereocenters. The predicted octanol–water partition coefficient (Wildman–Crippen LogP) is 4.24. The summed E-state index contributed by atoms with van der Waals surface area (Å²) in [5.74, 6) is 0. The van der Waals surface area contributed by atoms with Crippen molar-refractivity contribution < 1.29 is 4.79 Å². The van der Waals surface area contributed by atoms with Crippen LogP contribution in [0.2, 0.25) is 0 Å². The third kappa shape index (κ3) is 2.89. The average Bonchev–Trinajstić information content (AvgIpc) is 2.63. The number of rotatable bonds is 2. The van der Waals surface area contributed by atoms with E-state index in [4.69, 9.17) is 0 Å². The van der Waals surface area contributed by atoms with Gasteiger partial charge < -0.3 is 10.6 Å². The van der Waals surface area contributed by atoms with Gasteiger partial charge in [0.15, 0.2) is 0 Å². The summed E-state index contributed by atoms with van der Waals surface area (Å²) in [5.41, 5.74) is 1.64. The Kier molecular flexibility index (Phi) is 3.99. The highest BCUT2D eigenvalue weighted by atomic mass is 16.2. The number of pyridine rings is 2. The van der Waals surface area contributed by atoms with Crippen LogP contribution in [-0.2, 0) is 0 Å². The van der Waals surface area contributed by atoms with Gasteiger partial charge in [-0.2, -0.15) is 0 Å². The van der Waals surface area contributed by atoms with Gasteiger partial charge in [0.2, 0.25) is 0 Å². The van der Waals surface area contributed by atoms with Gasteiger partial charge in [-0.3, -0.25) is 9.97 Å². The van der Waals surface area contributed by atoms with Crippen LogP contribution in [0.3, 0.4) is 0 Å². The topological polar surface area (TPSA) is 66.9 Å². The van der Waals surface area contributed by atoms with Crippen LogP contribution in [0, 0.1) is 0 Å². The first-order valence-corrected chi connectivity index (χ1v) is 8.50. The second kappa shape index (κ2) is 6.43. The van der Waals surface area contributed by atoms with E-state index in [1.807, 2.05) is 30.5 Å². The molecule has 1 saturated carbocycles. The summed E-state index contributed by atoms with van der Waals surface area (Å²) in [6, 6.07) is 7.93. The summed E-state index contributed by atoms with van der Waals surface area (Å²) < 4.78 is 0. The molecule has 2 N–H and O–H groups in total. The minimum atomic E-state index is -0.138. The second-order valence-corrected chi connectivity index (χ2v) is 6.35. The van der Waals surface area contributed by atoms with Crippen molar-refractivity contribution in [2.24, 2.45) is 0 Å². The minimum absolute atomic E-state index is 0.138. The fraction of sp³-hybridized carbons (Fsp3) is 0.316. The molecule has 2 aromatic heterocycles. The van der Waals surface area contributed by atoms with Gasteiger partial charge in [0.05, 0.1) is 11.2 Å². The molecular formula is C19H20N4O. The SMILES string of the molecule is O=C(Nc1cc2ccncc2c2ncccc12)NC1CCCCC1. The van der Waals surface area contributed by atoms with Crippen molar-refractivity contribution >= 4 is 33.4 Å². The smallest absolute Gasteiger partial charge is 0.319 e. The predicted molar refractivity (Wildman–Crippen MR) is 96.1 cm³/mol. The molecule has 0 radical (unpaired) electrons. The zero-order valence-corrected chi connectivity index (χ0v) is 13.5. The van der Waals surface area contributed by atoms with E-state index in [-0.39, 0.29) is 12.1 Å². The van der Waals surface area contributed by atoms with E-state index in [2.05, 4.69) is 20.6 Å². The highest BCUT2D eigenvalue weighted by Crippen LogP contribution is 2.30. The van der Waals surface area contributed by atoms with E-state index in [0.717, 1.165) is 40.2 Å². The second-order valence-electron chi connectivity index (χ2n) is 6.35. The fourth-order valence-corrected chi connectivity index (χ4v) is 3.49. The fourth-order valence-electron chi connectivity index (χ4n) is 3.49. The number of hydrogen-bond donors (Lipinski definition) is 2. The van der Waals surface area contributed by atoms with Crippen LogP contribution in [0.15, 0.2) is 42.9 Å². The van der Waals surface area contributed by atoms with Crippen LogP contribution in [-0.4, -0.2) is 22.0 Å². The zero-order chi connectivity index (χ0) is 16.4. The first-order chi connectivity index (χ1) is 11.8. The van der Waals surface area contributed by atoms with Crippen molar-refractivity contribution in [3.8, 4) is 0 Å². The number of amides is 2. The monoisotopic (exact) mass is 320 g/mol. The molecule has 1 aliphatic rings. The summed E-state index contributed by atoms with van der Waals surface area (Å²) in [5, 5.41) is 9.05. The highest BCUT2D eigenvalue weighted by molar-refractivity contribution is 6.13. The van der Waals surface area contributed by atoms with E-state index < -0.39 is 0 Å². The molecule has 1 fully saturated rings. The molecule has 1 aromatic carbocycles. The van der Waals surface area contributed by atoms with Gasteiger partial charge in [0.1, 0.15) is 0 Å². The number of anilines is 1. The Hall–Kier alpha value is -2.69. The lowest BCUT2D eigenvalue weighted by Crippen LogP contribution is -2.39. The van der Waals surface area contributed by atoms with Crippen molar-refractivity contribution in [3.63, 3.8) is 0 Å². The molecular weight excluding hydrogens is 300 g/mol. The zero-order valence-electron chi connectivity index (χ0n) is 13.5. The number of nitrogens with zero attached hydrogens (tertiary/aromatic N) is 2. The number of nitrogens with one attached hydrogen (secondary N) is 2. The summed E-state index contributed by atoms with van der Waals surface area (Å²) in [7, 11) is 0. The summed E-state index contributed by atoms with van der Waals surface area (Å²) in [6.07, 6.45) is 11.1. The Morgan fingerprint density at radius 2 is 1.96 bits per heavy atom. The molecule has 5 heteroatoms. The Balaban J connectivity index is 1.66. The first kappa shape index (κ1) is 14.9. The molecule has 0 aliphatic heterocycles. The average molecular weight is 320 g/mol. The Morgan fingerprint density at radius 3 is 2.83 bits per heavy atom. The molecule has 1 aliphatic carbocycles. The molecule has 2 amide bonds. The normalized spacial score (nSPS) is 15.5. The lowest BCUT2D eigenvalue weighted by atomic mass is 9.96. The van der Waals surface area contributed by atoms with Crippen molar-refractivity contribution in [2.45, 2.75) is 38.1 Å². The number of fused-ring (bicyclic) bond motifs is 3. The highest BCUT2D eigenvalue weighted by Gasteiger charge is 2.16. The molecule has 4 rings (SSSR count). The van der Waals surface area contributed by atoms with Crippen molar-refractivity contribution in [1.29, 1.82) is 0 Å². The molecule has 0 atom stereocenters. The molecule has 2 heterocycles. The lowest BCUT2D eigenvalue weighted by Gasteiger charge is -2.23. The maximum Gasteiger partial charge on any atom is 0.319 e. The van der Waals surface area contributed by atoms with Crippen LogP contribution in [0.4, 0.5) is 10.5 Å². The molecule has 3 aromatic rings. The molecule has 5 nitrogen and oxygen atoms in total. The maximum absolute atomic E-state index is 12.4. The minimum Gasteiger partial charge on any atom is -0.335 e. The number of aromatic nitrogens is 2. The van der Waals surface area contributed by atoms with Crippen LogP contribution in [0.25, 0.3) is 21.7 Å². The van der Waals surface area contributed by atoms with Crippen LogP contribution >= 0.6 is 0 Å². The molecule has 24 heavy (non-hydrogen) atoms. The molecule has 0 bridgehead atoms. The maximum atomic E-state index is 12.4. The summed E-state index contributed by atoms with van der Waals surface area (Å²) in [6.45, 7) is 0. The van der Waals surface area contributed by atoms with E-state index in [0.29, 0.717) is 0 Å². The molecule has 122 valence electrons. The van der Waals surface area contributed by atoms with Gasteiger partial charge in [-0.25, -0.2) is 4.79 Å². The quantitative estimate of drug-likeness (QED) is 0.694. The first-order valence-electron chi connectivity index (χ1n) is 8.50. The molecule has 0 saturated heterocycles. The van der Waals surface area contributed by atoms with Crippen molar-refractivity contribution in [2.75, 3.05) is 5.32 Å². The Bertz CT molecular complexity index is 887. The number of carbonyl (C=O) groups excluding carboxylic acids is 1. The summed E-state index contributed by atoms with van der Waals surface area (Å²) in [4.78, 5) is 21.1. The van der Waals surface area contributed by atoms with Gasteiger partial charge in [-0.15, -0.1) is 0 Å². The van der Waals surface area contributed by atoms with E-state index in [9.17, 15) is 4.79 Å². The van der Waals surface area contributed by atoms with Crippen molar-refractivity contribution in [1.82, 2.24) is 15.3 Å². The Morgan fingerprint density at radius 1 is 1.08 bits per heavy atom. The van der Waals surface area contributed by atoms with Gasteiger partial charge in [0.25, 0.3) is 0 Å². The van der Waals surface area contributed by atoms with Gasteiger partial charge in [0, 0.05) is 35.4 Å². The number of benzene rings is 1. The lowest BCUT2D eigenvalue weighted by molar-refractivity contribution is 0.244. The van der Waals surface area contributed by atoms with E-state index in [1.165, 1.54) is 19.3 Å². The van der Waals surface area contributed by atoms with Gasteiger partial charge in [-0.05, 0) is 42.5 Å². The Labute approximate surface area is 140 Å². The van der Waals surface area contributed by atoms with E-state index in [1.54, 1.807) is 12.4 Å². The van der Waals surface area contributed by atoms with E-state index >= 15 is 0 Å². The third-order valence-electron chi connectivity index (χ3n) is 4.70. The number of urea groups is 1. The third-order valence-corrected chi connectivity index (χ3v) is 4.70. The number of hydrogen-bond acceptors (Lipinski definition) is 3. The molecule has 0 spiro atoms.